The summed E-state index contributed by atoms with van der Waals surface area (Å²) in [5.74, 6) is 0.282. The lowest BCUT2D eigenvalue weighted by Crippen LogP contribution is -2.42. The summed E-state index contributed by atoms with van der Waals surface area (Å²) in [6.07, 6.45) is 6.51. The van der Waals surface area contributed by atoms with Gasteiger partial charge in [0.25, 0.3) is 0 Å². The SMILES string of the molecule is CC(CNC(=O)NC1CCCC1)c1nccs1. The number of hydrogen-bond donors (Lipinski definition) is 2. The number of carbonyl (C=O) groups is 1. The van der Waals surface area contributed by atoms with Gasteiger partial charge in [0, 0.05) is 30.1 Å². The molecule has 1 fully saturated rings. The van der Waals surface area contributed by atoms with Crippen LogP contribution in [0, 0.1) is 0 Å². The third kappa shape index (κ3) is 3.70. The first-order valence-electron chi connectivity index (χ1n) is 6.19. The number of carbonyl (C=O) groups excluding carboxylic acids is 1. The largest absolute Gasteiger partial charge is 0.337 e. The van der Waals surface area contributed by atoms with Crippen molar-refractivity contribution in [2.75, 3.05) is 6.54 Å². The molecular weight excluding hydrogens is 234 g/mol. The highest BCUT2D eigenvalue weighted by atomic mass is 32.1. The highest BCUT2D eigenvalue weighted by Gasteiger charge is 2.17. The monoisotopic (exact) mass is 253 g/mol. The Labute approximate surface area is 106 Å². The van der Waals surface area contributed by atoms with E-state index >= 15 is 0 Å². The van der Waals surface area contributed by atoms with Crippen molar-refractivity contribution in [3.8, 4) is 0 Å². The van der Waals surface area contributed by atoms with E-state index in [-0.39, 0.29) is 11.9 Å². The van der Waals surface area contributed by atoms with Crippen LogP contribution in [0.5, 0.6) is 0 Å². The van der Waals surface area contributed by atoms with Gasteiger partial charge in [-0.1, -0.05) is 19.8 Å². The summed E-state index contributed by atoms with van der Waals surface area (Å²) >= 11 is 1.63. The molecule has 1 aromatic rings. The van der Waals surface area contributed by atoms with Crippen LogP contribution < -0.4 is 10.6 Å². The zero-order chi connectivity index (χ0) is 12.1. The van der Waals surface area contributed by atoms with E-state index in [9.17, 15) is 4.79 Å². The lowest BCUT2D eigenvalue weighted by Gasteiger charge is -2.14. The Bertz CT molecular complexity index is 347. The summed E-state index contributed by atoms with van der Waals surface area (Å²) in [5.41, 5.74) is 0. The summed E-state index contributed by atoms with van der Waals surface area (Å²) < 4.78 is 0. The summed E-state index contributed by atoms with van der Waals surface area (Å²) in [6.45, 7) is 2.72. The maximum Gasteiger partial charge on any atom is 0.315 e. The van der Waals surface area contributed by atoms with E-state index in [1.165, 1.54) is 12.8 Å². The molecule has 0 bridgehead atoms. The van der Waals surface area contributed by atoms with Crippen LogP contribution in [-0.4, -0.2) is 23.6 Å². The molecule has 0 saturated heterocycles. The first kappa shape index (κ1) is 12.4. The zero-order valence-corrected chi connectivity index (χ0v) is 10.9. The zero-order valence-electron chi connectivity index (χ0n) is 10.1. The smallest absolute Gasteiger partial charge is 0.315 e. The maximum absolute atomic E-state index is 11.6. The average Bonchev–Trinajstić information content (AvgIpc) is 2.97. The van der Waals surface area contributed by atoms with Crippen LogP contribution in [0.2, 0.25) is 0 Å². The van der Waals surface area contributed by atoms with Gasteiger partial charge in [0.2, 0.25) is 0 Å². The highest BCUT2D eigenvalue weighted by Crippen LogP contribution is 2.18. The van der Waals surface area contributed by atoms with Crippen LogP contribution in [-0.2, 0) is 0 Å². The van der Waals surface area contributed by atoms with E-state index < -0.39 is 0 Å². The van der Waals surface area contributed by atoms with Gasteiger partial charge in [-0.05, 0) is 12.8 Å². The predicted molar refractivity (Wildman–Crippen MR) is 69.3 cm³/mol. The number of rotatable bonds is 4. The van der Waals surface area contributed by atoms with Gasteiger partial charge >= 0.3 is 6.03 Å². The molecule has 0 spiro atoms. The number of nitrogens with one attached hydrogen (secondary N) is 2. The summed E-state index contributed by atoms with van der Waals surface area (Å²) in [6, 6.07) is 0.338. The fraction of sp³-hybridized carbons (Fsp3) is 0.667. The molecule has 0 aliphatic heterocycles. The molecule has 94 valence electrons. The molecule has 17 heavy (non-hydrogen) atoms. The second-order valence-electron chi connectivity index (χ2n) is 4.61. The molecule has 2 amide bonds. The first-order chi connectivity index (χ1) is 8.25. The van der Waals surface area contributed by atoms with Gasteiger partial charge in [-0.3, -0.25) is 0 Å². The van der Waals surface area contributed by atoms with E-state index in [0.29, 0.717) is 12.6 Å². The van der Waals surface area contributed by atoms with Crippen molar-refractivity contribution in [3.05, 3.63) is 16.6 Å². The van der Waals surface area contributed by atoms with E-state index in [2.05, 4.69) is 22.5 Å². The average molecular weight is 253 g/mol. The number of nitrogens with zero attached hydrogens (tertiary/aromatic N) is 1. The van der Waals surface area contributed by atoms with Crippen molar-refractivity contribution in [1.82, 2.24) is 15.6 Å². The number of aromatic nitrogens is 1. The second kappa shape index (κ2) is 6.00. The first-order valence-corrected chi connectivity index (χ1v) is 7.07. The van der Waals surface area contributed by atoms with Crippen LogP contribution in [0.4, 0.5) is 4.79 Å². The Morgan fingerprint density at radius 1 is 1.59 bits per heavy atom. The summed E-state index contributed by atoms with van der Waals surface area (Å²) in [5, 5.41) is 8.96. The molecule has 1 aliphatic carbocycles. The number of urea groups is 1. The van der Waals surface area contributed by atoms with Crippen LogP contribution in [0.1, 0.15) is 43.5 Å². The third-order valence-electron chi connectivity index (χ3n) is 3.13. The van der Waals surface area contributed by atoms with E-state index in [0.717, 1.165) is 17.8 Å². The fourth-order valence-electron chi connectivity index (χ4n) is 2.12. The van der Waals surface area contributed by atoms with Crippen molar-refractivity contribution >= 4 is 17.4 Å². The van der Waals surface area contributed by atoms with Crippen molar-refractivity contribution in [2.24, 2.45) is 0 Å². The van der Waals surface area contributed by atoms with Gasteiger partial charge < -0.3 is 10.6 Å². The van der Waals surface area contributed by atoms with Crippen molar-refractivity contribution in [2.45, 2.75) is 44.6 Å². The molecule has 1 unspecified atom stereocenters. The van der Waals surface area contributed by atoms with Crippen LogP contribution in [0.25, 0.3) is 0 Å². The number of hydrogen-bond acceptors (Lipinski definition) is 3. The third-order valence-corrected chi connectivity index (χ3v) is 4.14. The molecule has 1 atom stereocenters. The molecule has 2 rings (SSSR count). The lowest BCUT2D eigenvalue weighted by atomic mass is 10.2. The van der Waals surface area contributed by atoms with Gasteiger partial charge in [-0.2, -0.15) is 0 Å². The Morgan fingerprint density at radius 2 is 2.35 bits per heavy atom. The lowest BCUT2D eigenvalue weighted by molar-refractivity contribution is 0.236. The maximum atomic E-state index is 11.6. The Morgan fingerprint density at radius 3 is 3.00 bits per heavy atom. The van der Waals surface area contributed by atoms with Gasteiger partial charge in [0.15, 0.2) is 0 Å². The molecule has 0 aromatic carbocycles. The molecule has 0 radical (unpaired) electrons. The van der Waals surface area contributed by atoms with E-state index in [1.807, 2.05) is 5.38 Å². The molecule has 2 N–H and O–H groups in total. The number of amides is 2. The molecule has 1 heterocycles. The van der Waals surface area contributed by atoms with E-state index in [1.54, 1.807) is 17.5 Å². The van der Waals surface area contributed by atoms with Gasteiger partial charge in [0.1, 0.15) is 0 Å². The topological polar surface area (TPSA) is 54.0 Å². The minimum atomic E-state index is -0.0414. The van der Waals surface area contributed by atoms with Crippen molar-refractivity contribution < 1.29 is 4.79 Å². The molecule has 1 aromatic heterocycles. The normalized spacial score (nSPS) is 17.9. The molecular formula is C12H19N3OS. The number of thiazole rings is 1. The minimum absolute atomic E-state index is 0.0414. The molecule has 5 heteroatoms. The van der Waals surface area contributed by atoms with E-state index in [4.69, 9.17) is 0 Å². The van der Waals surface area contributed by atoms with Crippen molar-refractivity contribution in [1.29, 1.82) is 0 Å². The van der Waals surface area contributed by atoms with Crippen LogP contribution >= 0.6 is 11.3 Å². The van der Waals surface area contributed by atoms with Gasteiger partial charge in [0.05, 0.1) is 5.01 Å². The summed E-state index contributed by atoms with van der Waals surface area (Å²) in [4.78, 5) is 15.9. The van der Waals surface area contributed by atoms with Crippen LogP contribution in [0.3, 0.4) is 0 Å². The Hall–Kier alpha value is -1.10. The Balaban J connectivity index is 1.68. The van der Waals surface area contributed by atoms with Crippen LogP contribution in [0.15, 0.2) is 11.6 Å². The van der Waals surface area contributed by atoms with Gasteiger partial charge in [-0.25, -0.2) is 9.78 Å². The molecule has 4 nitrogen and oxygen atoms in total. The standard InChI is InChI=1S/C12H19N3OS/c1-9(11-13-6-7-17-11)8-14-12(16)15-10-4-2-3-5-10/h6-7,9-10H,2-5,8H2,1H3,(H2,14,15,16). The minimum Gasteiger partial charge on any atom is -0.337 e. The second-order valence-corrected chi connectivity index (χ2v) is 5.53. The fourth-order valence-corrected chi connectivity index (χ4v) is 2.82. The summed E-state index contributed by atoms with van der Waals surface area (Å²) in [7, 11) is 0. The Kier molecular flexibility index (Phi) is 4.36. The van der Waals surface area contributed by atoms with Gasteiger partial charge in [-0.15, -0.1) is 11.3 Å². The highest BCUT2D eigenvalue weighted by molar-refractivity contribution is 7.09. The molecule has 1 saturated carbocycles. The predicted octanol–water partition coefficient (Wildman–Crippen LogP) is 2.49. The molecule has 1 aliphatic rings. The quantitative estimate of drug-likeness (QED) is 0.866. The van der Waals surface area contributed by atoms with Crippen molar-refractivity contribution in [3.63, 3.8) is 0 Å².